The summed E-state index contributed by atoms with van der Waals surface area (Å²) < 4.78 is 1.06. The lowest BCUT2D eigenvalue weighted by Gasteiger charge is -2.10. The summed E-state index contributed by atoms with van der Waals surface area (Å²) >= 11 is 3.46. The van der Waals surface area contributed by atoms with Crippen LogP contribution in [0.25, 0.3) is 0 Å². The van der Waals surface area contributed by atoms with Crippen LogP contribution >= 0.6 is 15.9 Å². The second-order valence-electron chi connectivity index (χ2n) is 3.94. The summed E-state index contributed by atoms with van der Waals surface area (Å²) in [5.41, 5.74) is 6.71. The molecule has 88 valence electrons. The third-order valence-corrected chi connectivity index (χ3v) is 2.85. The fraction of sp³-hybridized carbons (Fsp3) is 0.417. The van der Waals surface area contributed by atoms with Gasteiger partial charge in [-0.25, -0.2) is 5.43 Å². The average molecular weight is 285 g/mol. The minimum Gasteiger partial charge on any atom is -0.291 e. The molecular formula is C12H17BrN2O. The van der Waals surface area contributed by atoms with E-state index in [9.17, 15) is 4.79 Å². The molecular weight excluding hydrogens is 268 g/mol. The molecule has 4 heteroatoms. The first-order valence-electron chi connectivity index (χ1n) is 5.37. The maximum atomic E-state index is 11.4. The predicted molar refractivity (Wildman–Crippen MR) is 68.9 cm³/mol. The summed E-state index contributed by atoms with van der Waals surface area (Å²) in [4.78, 5) is 11.4. The summed E-state index contributed by atoms with van der Waals surface area (Å²) in [5.74, 6) is 0.0180. The predicted octanol–water partition coefficient (Wildman–Crippen LogP) is 2.41. The summed E-state index contributed by atoms with van der Waals surface area (Å²) in [7, 11) is 0. The van der Waals surface area contributed by atoms with Gasteiger partial charge in [-0.3, -0.25) is 10.2 Å². The fourth-order valence-corrected chi connectivity index (χ4v) is 1.72. The van der Waals surface area contributed by atoms with E-state index in [1.54, 1.807) is 0 Å². The summed E-state index contributed by atoms with van der Waals surface area (Å²) in [6, 6.07) is 8.21. The third-order valence-electron chi connectivity index (χ3n) is 2.08. The number of halogens is 1. The Hall–Kier alpha value is -0.870. The smallest absolute Gasteiger partial charge is 0.234 e. The van der Waals surface area contributed by atoms with Gasteiger partial charge in [-0.05, 0) is 31.9 Å². The van der Waals surface area contributed by atoms with E-state index in [1.165, 1.54) is 0 Å². The van der Waals surface area contributed by atoms with Crippen molar-refractivity contribution in [1.82, 2.24) is 10.9 Å². The highest BCUT2D eigenvalue weighted by atomic mass is 79.9. The molecule has 0 radical (unpaired) electrons. The van der Waals surface area contributed by atoms with E-state index in [-0.39, 0.29) is 11.9 Å². The van der Waals surface area contributed by atoms with Crippen LogP contribution in [-0.4, -0.2) is 11.9 Å². The van der Waals surface area contributed by atoms with Crippen molar-refractivity contribution in [2.75, 3.05) is 0 Å². The van der Waals surface area contributed by atoms with Gasteiger partial charge in [0.25, 0.3) is 0 Å². The number of carbonyl (C=O) groups excluding carboxylic acids is 1. The lowest BCUT2D eigenvalue weighted by molar-refractivity contribution is -0.122. The van der Waals surface area contributed by atoms with Crippen molar-refractivity contribution in [3.05, 3.63) is 34.3 Å². The summed E-state index contributed by atoms with van der Waals surface area (Å²) in [5, 5.41) is 0. The van der Waals surface area contributed by atoms with Gasteiger partial charge < -0.3 is 0 Å². The van der Waals surface area contributed by atoms with Crippen LogP contribution in [0, 0.1) is 0 Å². The number of carbonyl (C=O) groups is 1. The second-order valence-corrected chi connectivity index (χ2v) is 4.79. The van der Waals surface area contributed by atoms with E-state index in [0.717, 1.165) is 16.5 Å². The molecule has 0 bridgehead atoms. The number of hydrogen-bond acceptors (Lipinski definition) is 2. The molecule has 0 spiro atoms. The molecule has 0 aromatic heterocycles. The Labute approximate surface area is 105 Å². The first-order chi connectivity index (χ1) is 7.59. The number of amides is 1. The zero-order valence-electron chi connectivity index (χ0n) is 9.59. The Bertz CT molecular complexity index is 353. The van der Waals surface area contributed by atoms with Gasteiger partial charge in [-0.2, -0.15) is 0 Å². The number of hydrazine groups is 1. The SMILES string of the molecule is CC(C)NNC(=O)CCc1ccccc1Br. The number of benzene rings is 1. The molecule has 2 N–H and O–H groups in total. The Morgan fingerprint density at radius 2 is 2.06 bits per heavy atom. The molecule has 0 saturated carbocycles. The lowest BCUT2D eigenvalue weighted by Crippen LogP contribution is -2.41. The molecule has 0 heterocycles. The van der Waals surface area contributed by atoms with Crippen molar-refractivity contribution >= 4 is 21.8 Å². The van der Waals surface area contributed by atoms with Gasteiger partial charge in [0.05, 0.1) is 0 Å². The third kappa shape index (κ3) is 4.77. The molecule has 1 aromatic carbocycles. The molecule has 1 rings (SSSR count). The van der Waals surface area contributed by atoms with Crippen LogP contribution in [0.1, 0.15) is 25.8 Å². The number of rotatable bonds is 5. The van der Waals surface area contributed by atoms with E-state index in [2.05, 4.69) is 26.8 Å². The van der Waals surface area contributed by atoms with Crippen LogP contribution in [0.4, 0.5) is 0 Å². The summed E-state index contributed by atoms with van der Waals surface area (Å²) in [6.45, 7) is 3.96. The Morgan fingerprint density at radius 1 is 1.38 bits per heavy atom. The van der Waals surface area contributed by atoms with E-state index in [1.807, 2.05) is 38.1 Å². The molecule has 0 aliphatic rings. The van der Waals surface area contributed by atoms with E-state index >= 15 is 0 Å². The topological polar surface area (TPSA) is 41.1 Å². The zero-order chi connectivity index (χ0) is 12.0. The molecule has 0 aliphatic carbocycles. The van der Waals surface area contributed by atoms with E-state index in [4.69, 9.17) is 0 Å². The van der Waals surface area contributed by atoms with Crippen LogP contribution < -0.4 is 10.9 Å². The number of aryl methyl sites for hydroxylation is 1. The quantitative estimate of drug-likeness (QED) is 0.816. The van der Waals surface area contributed by atoms with Crippen LogP contribution in [0.5, 0.6) is 0 Å². The van der Waals surface area contributed by atoms with Crippen molar-refractivity contribution in [2.45, 2.75) is 32.7 Å². The minimum atomic E-state index is 0.0180. The molecule has 0 atom stereocenters. The largest absolute Gasteiger partial charge is 0.291 e. The van der Waals surface area contributed by atoms with Crippen molar-refractivity contribution < 1.29 is 4.79 Å². The average Bonchev–Trinajstić information content (AvgIpc) is 2.25. The molecule has 0 saturated heterocycles. The lowest BCUT2D eigenvalue weighted by atomic mass is 10.1. The number of hydrogen-bond donors (Lipinski definition) is 2. The van der Waals surface area contributed by atoms with Gasteiger partial charge in [0.2, 0.25) is 5.91 Å². The van der Waals surface area contributed by atoms with Gasteiger partial charge >= 0.3 is 0 Å². The van der Waals surface area contributed by atoms with Crippen LogP contribution in [0.15, 0.2) is 28.7 Å². The molecule has 1 aromatic rings. The Kier molecular flexibility index (Phi) is 5.49. The number of nitrogens with one attached hydrogen (secondary N) is 2. The summed E-state index contributed by atoms with van der Waals surface area (Å²) in [6.07, 6.45) is 1.23. The van der Waals surface area contributed by atoms with Crippen molar-refractivity contribution in [3.63, 3.8) is 0 Å². The van der Waals surface area contributed by atoms with Gasteiger partial charge in [0.1, 0.15) is 0 Å². The highest BCUT2D eigenvalue weighted by molar-refractivity contribution is 9.10. The van der Waals surface area contributed by atoms with Gasteiger partial charge in [-0.1, -0.05) is 34.1 Å². The Morgan fingerprint density at radius 3 is 2.69 bits per heavy atom. The van der Waals surface area contributed by atoms with Gasteiger partial charge in [-0.15, -0.1) is 0 Å². The Balaban J connectivity index is 2.35. The van der Waals surface area contributed by atoms with Gasteiger partial charge in [0.15, 0.2) is 0 Å². The first-order valence-corrected chi connectivity index (χ1v) is 6.16. The standard InChI is InChI=1S/C12H17BrN2O/c1-9(2)14-15-12(16)8-7-10-5-3-4-6-11(10)13/h3-6,9,14H,7-8H2,1-2H3,(H,15,16). The fourth-order valence-electron chi connectivity index (χ4n) is 1.24. The molecule has 0 aliphatic heterocycles. The molecule has 16 heavy (non-hydrogen) atoms. The van der Waals surface area contributed by atoms with Crippen molar-refractivity contribution in [1.29, 1.82) is 0 Å². The maximum Gasteiger partial charge on any atom is 0.234 e. The second kappa shape index (κ2) is 6.66. The van der Waals surface area contributed by atoms with E-state index < -0.39 is 0 Å². The van der Waals surface area contributed by atoms with Crippen LogP contribution in [-0.2, 0) is 11.2 Å². The van der Waals surface area contributed by atoms with Crippen LogP contribution in [0.2, 0.25) is 0 Å². The van der Waals surface area contributed by atoms with Crippen molar-refractivity contribution in [2.24, 2.45) is 0 Å². The molecule has 1 amide bonds. The first kappa shape index (κ1) is 13.2. The highest BCUT2D eigenvalue weighted by Crippen LogP contribution is 2.17. The molecule has 3 nitrogen and oxygen atoms in total. The zero-order valence-corrected chi connectivity index (χ0v) is 11.2. The van der Waals surface area contributed by atoms with Gasteiger partial charge in [0, 0.05) is 16.9 Å². The minimum absolute atomic E-state index is 0.0180. The monoisotopic (exact) mass is 284 g/mol. The maximum absolute atomic E-state index is 11.4. The van der Waals surface area contributed by atoms with Crippen LogP contribution in [0.3, 0.4) is 0 Å². The van der Waals surface area contributed by atoms with E-state index in [0.29, 0.717) is 6.42 Å². The van der Waals surface area contributed by atoms with Crippen molar-refractivity contribution in [3.8, 4) is 0 Å². The molecule has 0 unspecified atom stereocenters. The highest BCUT2D eigenvalue weighted by Gasteiger charge is 2.04. The normalized spacial score (nSPS) is 10.5. The molecule has 0 fully saturated rings.